The number of halogens is 11. The monoisotopic (exact) mass is 468 g/mol. The maximum absolute atomic E-state index is 14.2. The summed E-state index contributed by atoms with van der Waals surface area (Å²) in [4.78, 5) is 23.0. The number of hydrogen-bond acceptors (Lipinski definition) is 4. The Morgan fingerprint density at radius 2 is 1.10 bits per heavy atom. The lowest BCUT2D eigenvalue weighted by Crippen LogP contribution is -2.84. The topological polar surface area (TPSA) is 52.6 Å². The number of rotatable bonds is 6. The molecule has 0 bridgehead atoms. The quantitative estimate of drug-likeness (QED) is 0.417. The first-order chi connectivity index (χ1) is 13.1. The lowest BCUT2D eigenvalue weighted by molar-refractivity contribution is -0.518. The zero-order valence-electron chi connectivity index (χ0n) is 15.4. The minimum Gasteiger partial charge on any atom is -0.465 e. The van der Waals surface area contributed by atoms with Crippen molar-refractivity contribution in [3.05, 3.63) is 0 Å². The van der Waals surface area contributed by atoms with Gasteiger partial charge in [-0.05, 0) is 20.3 Å². The van der Waals surface area contributed by atoms with Crippen LogP contribution in [0.5, 0.6) is 0 Å². The van der Waals surface area contributed by atoms with Crippen LogP contribution in [0.3, 0.4) is 0 Å². The van der Waals surface area contributed by atoms with E-state index in [0.717, 1.165) is 0 Å². The van der Waals surface area contributed by atoms with Gasteiger partial charge in [0.05, 0.1) is 11.8 Å². The molecular formula is C15H15F11O4. The van der Waals surface area contributed by atoms with Gasteiger partial charge < -0.3 is 9.47 Å². The van der Waals surface area contributed by atoms with E-state index in [0.29, 0.717) is 0 Å². The molecule has 0 spiro atoms. The molecule has 0 heterocycles. The van der Waals surface area contributed by atoms with Gasteiger partial charge in [0, 0.05) is 0 Å². The highest BCUT2D eigenvalue weighted by atomic mass is 19.4. The van der Waals surface area contributed by atoms with Crippen molar-refractivity contribution in [3.8, 4) is 0 Å². The van der Waals surface area contributed by atoms with Crippen LogP contribution in [0.25, 0.3) is 0 Å². The molecule has 176 valence electrons. The van der Waals surface area contributed by atoms with E-state index in [2.05, 4.69) is 9.47 Å². The molecule has 1 rings (SSSR count). The summed E-state index contributed by atoms with van der Waals surface area (Å²) in [6.45, 7) is 3.12. The second kappa shape index (κ2) is 7.11. The van der Waals surface area contributed by atoms with Crippen molar-refractivity contribution in [2.24, 2.45) is 5.41 Å². The molecule has 1 aliphatic carbocycles. The van der Waals surface area contributed by atoms with Gasteiger partial charge in [0.2, 0.25) is 0 Å². The molecule has 1 aliphatic rings. The van der Waals surface area contributed by atoms with Crippen molar-refractivity contribution < 1.29 is 67.4 Å². The van der Waals surface area contributed by atoms with Crippen LogP contribution in [0.15, 0.2) is 0 Å². The SMILES string of the molecule is CCC(C)(C)C(=O)OCCC(=O)OC1(F)C(F)(F)C(F)(F)C(F)(F)C(F)(F)C1(F)F. The second-order valence-corrected chi connectivity index (χ2v) is 7.06. The second-order valence-electron chi connectivity index (χ2n) is 7.06. The van der Waals surface area contributed by atoms with Crippen LogP contribution in [0.1, 0.15) is 33.6 Å². The predicted molar refractivity (Wildman–Crippen MR) is 74.3 cm³/mol. The van der Waals surface area contributed by atoms with Gasteiger partial charge in [0.15, 0.2) is 0 Å². The highest BCUT2D eigenvalue weighted by molar-refractivity contribution is 5.76. The third-order valence-corrected chi connectivity index (χ3v) is 4.62. The molecule has 4 nitrogen and oxygen atoms in total. The number of ether oxygens (including phenoxy) is 2. The molecule has 30 heavy (non-hydrogen) atoms. The Labute approximate surface area is 161 Å². The van der Waals surface area contributed by atoms with Crippen molar-refractivity contribution >= 4 is 11.9 Å². The Morgan fingerprint density at radius 1 is 0.733 bits per heavy atom. The van der Waals surface area contributed by atoms with Crippen LogP contribution in [0.2, 0.25) is 0 Å². The van der Waals surface area contributed by atoms with Gasteiger partial charge in [-0.3, -0.25) is 9.59 Å². The largest absolute Gasteiger partial charge is 0.465 e. The normalized spacial score (nSPS) is 25.3. The molecule has 0 aliphatic heterocycles. The van der Waals surface area contributed by atoms with Crippen molar-refractivity contribution in [2.75, 3.05) is 6.61 Å². The smallest absolute Gasteiger partial charge is 0.391 e. The Balaban J connectivity index is 3.17. The Hall–Kier alpha value is -1.83. The van der Waals surface area contributed by atoms with E-state index < -0.39 is 65.8 Å². The van der Waals surface area contributed by atoms with E-state index in [1.807, 2.05) is 0 Å². The minimum atomic E-state index is -7.41. The molecule has 15 heteroatoms. The van der Waals surface area contributed by atoms with Gasteiger partial charge in [-0.15, -0.1) is 0 Å². The molecule has 0 N–H and O–H groups in total. The molecule has 0 unspecified atom stereocenters. The summed E-state index contributed by atoms with van der Waals surface area (Å²) < 4.78 is 155. The maximum Gasteiger partial charge on any atom is 0.391 e. The van der Waals surface area contributed by atoms with E-state index in [4.69, 9.17) is 0 Å². The summed E-state index contributed by atoms with van der Waals surface area (Å²) in [5, 5.41) is 0. The van der Waals surface area contributed by atoms with Crippen LogP contribution in [0, 0.1) is 5.41 Å². The zero-order valence-corrected chi connectivity index (χ0v) is 15.4. The van der Waals surface area contributed by atoms with Crippen molar-refractivity contribution in [2.45, 2.75) is 69.1 Å². The fourth-order valence-corrected chi connectivity index (χ4v) is 2.10. The molecule has 1 saturated carbocycles. The lowest BCUT2D eigenvalue weighted by Gasteiger charge is -2.51. The third kappa shape index (κ3) is 3.18. The van der Waals surface area contributed by atoms with Gasteiger partial charge in [-0.1, -0.05) is 6.92 Å². The molecule has 0 saturated heterocycles. The fraction of sp³-hybridized carbons (Fsp3) is 0.867. The Morgan fingerprint density at radius 3 is 1.47 bits per heavy atom. The lowest BCUT2D eigenvalue weighted by atomic mass is 9.78. The average molecular weight is 468 g/mol. The molecule has 0 radical (unpaired) electrons. The van der Waals surface area contributed by atoms with Gasteiger partial charge in [-0.25, -0.2) is 0 Å². The van der Waals surface area contributed by atoms with Crippen LogP contribution < -0.4 is 0 Å². The number of carbonyl (C=O) groups is 2. The number of esters is 2. The number of carbonyl (C=O) groups excluding carboxylic acids is 2. The van der Waals surface area contributed by atoms with Gasteiger partial charge in [0.1, 0.15) is 6.61 Å². The molecule has 0 amide bonds. The summed E-state index contributed by atoms with van der Waals surface area (Å²) in [6.07, 6.45) is -1.32. The Bertz CT molecular complexity index is 673. The van der Waals surface area contributed by atoms with Gasteiger partial charge >= 0.3 is 47.4 Å². The minimum absolute atomic E-state index is 0.195. The summed E-state index contributed by atoms with van der Waals surface area (Å²) in [5.41, 5.74) is -1.13. The molecule has 0 atom stereocenters. The summed E-state index contributed by atoms with van der Waals surface area (Å²) in [7, 11) is 0. The predicted octanol–water partition coefficient (Wildman–Crippen LogP) is 4.76. The number of alkyl halides is 11. The van der Waals surface area contributed by atoms with Crippen molar-refractivity contribution in [1.82, 2.24) is 0 Å². The van der Waals surface area contributed by atoms with E-state index in [1.54, 1.807) is 0 Å². The highest BCUT2D eigenvalue weighted by Gasteiger charge is 3.03. The molecule has 0 aromatic carbocycles. The van der Waals surface area contributed by atoms with Crippen LogP contribution in [-0.2, 0) is 19.1 Å². The molecule has 1 fully saturated rings. The Kier molecular flexibility index (Phi) is 6.21. The van der Waals surface area contributed by atoms with Crippen molar-refractivity contribution in [1.29, 1.82) is 0 Å². The fourth-order valence-electron chi connectivity index (χ4n) is 2.10. The van der Waals surface area contributed by atoms with Crippen LogP contribution in [0.4, 0.5) is 48.3 Å². The third-order valence-electron chi connectivity index (χ3n) is 4.62. The highest BCUT2D eigenvalue weighted by Crippen LogP contribution is 2.69. The first-order valence-corrected chi connectivity index (χ1v) is 8.05. The van der Waals surface area contributed by atoms with E-state index >= 15 is 0 Å². The first kappa shape index (κ1) is 26.2. The maximum atomic E-state index is 14.2. The first-order valence-electron chi connectivity index (χ1n) is 8.05. The van der Waals surface area contributed by atoms with Crippen LogP contribution >= 0.6 is 0 Å². The standard InChI is InChI=1S/C15H15F11O4/c1-4-9(2,3)8(28)29-6-5-7(27)30-15(26)13(22,23)11(18,19)10(16,17)12(20,21)14(15,24)25/h4-6H2,1-3H3. The van der Waals surface area contributed by atoms with E-state index in [-0.39, 0.29) is 6.42 Å². The van der Waals surface area contributed by atoms with E-state index in [1.165, 1.54) is 20.8 Å². The van der Waals surface area contributed by atoms with Gasteiger partial charge in [0.25, 0.3) is 0 Å². The average Bonchev–Trinajstić information content (AvgIpc) is 2.59. The van der Waals surface area contributed by atoms with Crippen LogP contribution in [-0.4, -0.2) is 54.0 Å². The zero-order chi connectivity index (χ0) is 24.2. The molecular weight excluding hydrogens is 453 g/mol. The summed E-state index contributed by atoms with van der Waals surface area (Å²) in [5.74, 6) is -47.1. The molecule has 0 aromatic rings. The summed E-state index contributed by atoms with van der Waals surface area (Å²) in [6, 6.07) is 0. The van der Waals surface area contributed by atoms with E-state index in [9.17, 15) is 57.9 Å². The number of hydrogen-bond donors (Lipinski definition) is 0. The van der Waals surface area contributed by atoms with Gasteiger partial charge in [-0.2, -0.15) is 48.3 Å². The summed E-state index contributed by atoms with van der Waals surface area (Å²) >= 11 is 0. The van der Waals surface area contributed by atoms with Crippen molar-refractivity contribution in [3.63, 3.8) is 0 Å². The molecule has 0 aromatic heterocycles.